The average molecular weight is 809 g/mol. The van der Waals surface area contributed by atoms with Crippen LogP contribution in [0.3, 0.4) is 0 Å². The summed E-state index contributed by atoms with van der Waals surface area (Å²) in [6.45, 7) is 1.36. The Balaban J connectivity index is 0.00000600. The van der Waals surface area contributed by atoms with E-state index in [4.69, 9.17) is 21.8 Å². The molecule has 16 nitrogen and oxygen atoms in total. The van der Waals surface area contributed by atoms with Crippen LogP contribution < -0.4 is 31.9 Å². The van der Waals surface area contributed by atoms with E-state index >= 15 is 0 Å². The third-order valence-electron chi connectivity index (χ3n) is 9.16. The SMILES string of the molecule is Cl.Cn1cc(NC(=O)CCCC(=O)Nc2ccc3oc(C(=O)N4CC(CCl)c5ccc(O)cc54)cc3c2)cc1C(=O)Nc1cn(C)c(C(=O)NCCCCN)n1. The van der Waals surface area contributed by atoms with Gasteiger partial charge in [0.1, 0.15) is 17.0 Å². The Bertz CT molecular complexity index is 2260. The Morgan fingerprint density at radius 2 is 1.64 bits per heavy atom. The number of hydrogen-bond acceptors (Lipinski definition) is 9. The molecule has 0 fully saturated rings. The lowest BCUT2D eigenvalue weighted by Gasteiger charge is -2.16. The summed E-state index contributed by atoms with van der Waals surface area (Å²) in [5.41, 5.74) is 8.57. The number of halogens is 2. The second-order valence-electron chi connectivity index (χ2n) is 13.3. The first-order valence-corrected chi connectivity index (χ1v) is 18.3. The van der Waals surface area contributed by atoms with Crippen molar-refractivity contribution in [1.29, 1.82) is 0 Å². The number of amides is 5. The Hall–Kier alpha value is -5.84. The number of furan rings is 1. The number of anilines is 4. The van der Waals surface area contributed by atoms with Crippen LogP contribution in [0.2, 0.25) is 0 Å². The Labute approximate surface area is 333 Å². The van der Waals surface area contributed by atoms with E-state index in [9.17, 15) is 29.1 Å². The molecule has 7 N–H and O–H groups in total. The van der Waals surface area contributed by atoms with Gasteiger partial charge in [-0.1, -0.05) is 6.07 Å². The van der Waals surface area contributed by atoms with Crippen molar-refractivity contribution in [3.8, 4) is 5.75 Å². The number of imidazole rings is 1. The largest absolute Gasteiger partial charge is 0.508 e. The number of unbranched alkanes of at least 4 members (excludes halogenated alkanes) is 1. The maximum atomic E-state index is 13.5. The Kier molecular flexibility index (Phi) is 13.4. The molecule has 0 aliphatic carbocycles. The quantitative estimate of drug-likeness (QED) is 0.0613. The van der Waals surface area contributed by atoms with Gasteiger partial charge in [-0.25, -0.2) is 4.98 Å². The van der Waals surface area contributed by atoms with Crippen LogP contribution in [0.25, 0.3) is 11.0 Å². The van der Waals surface area contributed by atoms with Crippen LogP contribution in [0.15, 0.2) is 65.3 Å². The maximum Gasteiger partial charge on any atom is 0.294 e. The van der Waals surface area contributed by atoms with E-state index in [1.807, 2.05) is 0 Å². The number of carbonyl (C=O) groups is 5. The summed E-state index contributed by atoms with van der Waals surface area (Å²) in [4.78, 5) is 70.2. The van der Waals surface area contributed by atoms with Crippen LogP contribution in [-0.4, -0.2) is 74.3 Å². The van der Waals surface area contributed by atoms with Crippen LogP contribution in [0.5, 0.6) is 5.75 Å². The van der Waals surface area contributed by atoms with Gasteiger partial charge in [-0.3, -0.25) is 24.0 Å². The number of nitrogens with two attached hydrogens (primary N) is 1. The molecule has 1 aliphatic rings. The molecule has 0 bridgehead atoms. The van der Waals surface area contributed by atoms with Crippen LogP contribution >= 0.6 is 24.0 Å². The first-order chi connectivity index (χ1) is 26.4. The van der Waals surface area contributed by atoms with E-state index in [0.29, 0.717) is 53.5 Å². The summed E-state index contributed by atoms with van der Waals surface area (Å²) < 4.78 is 8.92. The number of aromatic nitrogens is 3. The van der Waals surface area contributed by atoms with Crippen LogP contribution in [0.4, 0.5) is 22.9 Å². The lowest BCUT2D eigenvalue weighted by molar-refractivity contribution is -0.117. The lowest BCUT2D eigenvalue weighted by atomic mass is 10.0. The highest BCUT2D eigenvalue weighted by Gasteiger charge is 2.34. The molecule has 0 saturated heterocycles. The topological polar surface area (TPSA) is 219 Å². The highest BCUT2D eigenvalue weighted by Crippen LogP contribution is 2.40. The number of hydrogen-bond donors (Lipinski definition) is 6. The van der Waals surface area contributed by atoms with Crippen molar-refractivity contribution in [2.75, 3.05) is 46.4 Å². The molecule has 1 aliphatic heterocycles. The molecule has 3 aromatic heterocycles. The predicted molar refractivity (Wildman–Crippen MR) is 215 cm³/mol. The monoisotopic (exact) mass is 807 g/mol. The number of rotatable bonds is 15. The number of benzene rings is 2. The zero-order chi connectivity index (χ0) is 39.2. The number of phenols is 1. The van der Waals surface area contributed by atoms with Gasteiger partial charge in [-0.2, -0.15) is 0 Å². The van der Waals surface area contributed by atoms with E-state index < -0.39 is 5.91 Å². The van der Waals surface area contributed by atoms with Gasteiger partial charge in [-0.15, -0.1) is 24.0 Å². The molecular weight excluding hydrogens is 765 g/mol. The van der Waals surface area contributed by atoms with Gasteiger partial charge >= 0.3 is 0 Å². The predicted octanol–water partition coefficient (Wildman–Crippen LogP) is 5.08. The molecule has 0 radical (unpaired) electrons. The molecule has 6 rings (SSSR count). The number of nitrogens with zero attached hydrogens (tertiary/aromatic N) is 4. The number of carbonyl (C=O) groups excluding carboxylic acids is 5. The van der Waals surface area contributed by atoms with Gasteiger partial charge in [0.2, 0.25) is 17.6 Å². The van der Waals surface area contributed by atoms with E-state index in [0.717, 1.165) is 18.4 Å². The van der Waals surface area contributed by atoms with Gasteiger partial charge in [0, 0.05) is 81.4 Å². The fraction of sp³-hybridized carbons (Fsp3) is 0.316. The number of fused-ring (bicyclic) bond motifs is 2. The molecule has 1 unspecified atom stereocenters. The summed E-state index contributed by atoms with van der Waals surface area (Å²) >= 11 is 6.15. The average Bonchev–Trinajstić information content (AvgIpc) is 3.93. The molecule has 2 aromatic carbocycles. The van der Waals surface area contributed by atoms with Crippen molar-refractivity contribution in [2.45, 2.75) is 38.0 Å². The minimum atomic E-state index is -0.483. The van der Waals surface area contributed by atoms with Gasteiger partial charge in [0.25, 0.3) is 17.7 Å². The highest BCUT2D eigenvalue weighted by atomic mass is 35.5. The van der Waals surface area contributed by atoms with Gasteiger partial charge < -0.3 is 50.6 Å². The molecule has 0 spiro atoms. The molecule has 1 atom stereocenters. The van der Waals surface area contributed by atoms with Crippen molar-refractivity contribution in [3.63, 3.8) is 0 Å². The van der Waals surface area contributed by atoms with Crippen LogP contribution in [0.1, 0.15) is 75.2 Å². The van der Waals surface area contributed by atoms with Crippen molar-refractivity contribution in [1.82, 2.24) is 19.4 Å². The summed E-state index contributed by atoms with van der Waals surface area (Å²) in [6, 6.07) is 13.0. The van der Waals surface area contributed by atoms with Gasteiger partial charge in [0.05, 0.1) is 11.4 Å². The van der Waals surface area contributed by atoms with Gasteiger partial charge in [-0.05, 0) is 67.8 Å². The summed E-state index contributed by atoms with van der Waals surface area (Å²) in [5, 5.41) is 21.7. The number of alkyl halides is 1. The van der Waals surface area contributed by atoms with Crippen molar-refractivity contribution in [3.05, 3.63) is 83.8 Å². The number of aryl methyl sites for hydroxylation is 2. The third-order valence-corrected chi connectivity index (χ3v) is 9.53. The van der Waals surface area contributed by atoms with Crippen LogP contribution in [0, 0.1) is 0 Å². The normalized spacial score (nSPS) is 13.2. The second-order valence-corrected chi connectivity index (χ2v) is 13.6. The molecule has 18 heteroatoms. The van der Waals surface area contributed by atoms with Crippen LogP contribution in [-0.2, 0) is 23.7 Å². The first kappa shape index (κ1) is 41.3. The highest BCUT2D eigenvalue weighted by molar-refractivity contribution is 6.19. The van der Waals surface area contributed by atoms with E-state index in [1.165, 1.54) is 22.9 Å². The molecular formula is C38H43Cl2N9O7. The molecule has 5 aromatic rings. The Morgan fingerprint density at radius 1 is 0.893 bits per heavy atom. The molecule has 296 valence electrons. The number of aromatic hydroxyl groups is 1. The fourth-order valence-electron chi connectivity index (χ4n) is 6.40. The van der Waals surface area contributed by atoms with Crippen molar-refractivity contribution in [2.24, 2.45) is 19.8 Å². The van der Waals surface area contributed by atoms with E-state index in [2.05, 4.69) is 26.3 Å². The number of nitrogens with one attached hydrogen (secondary N) is 4. The molecule has 5 amide bonds. The minimum Gasteiger partial charge on any atom is -0.508 e. The molecule has 4 heterocycles. The number of phenolic OH excluding ortho intramolecular Hbond substituents is 1. The minimum absolute atomic E-state index is 0. The van der Waals surface area contributed by atoms with Gasteiger partial charge in [0.15, 0.2) is 11.6 Å². The zero-order valence-electron chi connectivity index (χ0n) is 30.8. The lowest BCUT2D eigenvalue weighted by Crippen LogP contribution is -2.29. The molecule has 0 saturated carbocycles. The first-order valence-electron chi connectivity index (χ1n) is 17.8. The fourth-order valence-corrected chi connectivity index (χ4v) is 6.66. The standard InChI is InChI=1S/C38H42ClN9O7.ClH/c1-46-20-25(16-29(46)36(52)45-32-21-47(2)35(44-32)37(53)41-13-4-3-12-40)43-34(51)7-5-6-33(50)42-24-8-11-30-22(14-24)15-31(55-30)38(54)48-19-23(18-39)27-10-9-26(49)17-28(27)48;/h8-11,14-17,20-21,23,49H,3-7,12-13,18-19,40H2,1-2H3,(H,41,53)(H,42,50)(H,43,51)(H,45,52);1H. The van der Waals surface area contributed by atoms with Crippen molar-refractivity contribution < 1.29 is 33.5 Å². The maximum absolute atomic E-state index is 13.5. The second kappa shape index (κ2) is 18.2. The summed E-state index contributed by atoms with van der Waals surface area (Å²) in [5.74, 6) is -1.11. The summed E-state index contributed by atoms with van der Waals surface area (Å²) in [6.07, 6.45) is 5.06. The third kappa shape index (κ3) is 9.50. The Morgan fingerprint density at radius 3 is 2.38 bits per heavy atom. The van der Waals surface area contributed by atoms with E-state index in [-0.39, 0.29) is 90.1 Å². The van der Waals surface area contributed by atoms with Crippen molar-refractivity contribution >= 4 is 87.4 Å². The smallest absolute Gasteiger partial charge is 0.294 e. The van der Waals surface area contributed by atoms with E-state index in [1.54, 1.807) is 66.2 Å². The molecule has 56 heavy (non-hydrogen) atoms. The zero-order valence-corrected chi connectivity index (χ0v) is 32.3. The summed E-state index contributed by atoms with van der Waals surface area (Å²) in [7, 11) is 3.31.